The van der Waals surface area contributed by atoms with Crippen molar-refractivity contribution in [1.82, 2.24) is 4.90 Å². The Hall–Kier alpha value is -3.93. The van der Waals surface area contributed by atoms with Gasteiger partial charge in [-0.3, -0.25) is 14.4 Å². The Morgan fingerprint density at radius 3 is 2.39 bits per heavy atom. The van der Waals surface area contributed by atoms with Crippen molar-refractivity contribution in [2.45, 2.75) is 6.92 Å². The number of amides is 2. The molecule has 0 radical (unpaired) electrons. The highest BCUT2D eigenvalue weighted by Gasteiger charge is 2.28. The fourth-order valence-corrected chi connectivity index (χ4v) is 3.75. The van der Waals surface area contributed by atoms with Gasteiger partial charge < -0.3 is 15.0 Å². The lowest BCUT2D eigenvalue weighted by Gasteiger charge is -2.21. The summed E-state index contributed by atoms with van der Waals surface area (Å²) in [6.07, 6.45) is 0. The van der Waals surface area contributed by atoms with Crippen LogP contribution in [0.15, 0.2) is 66.7 Å². The SMILES string of the molecule is CCN(CC(=O)Nc1cccc(OC)c1)C(=O)c1ccc2c(c1)C(=O)c1ccccc1-2. The van der Waals surface area contributed by atoms with Crippen LogP contribution in [0, 0.1) is 0 Å². The van der Waals surface area contributed by atoms with Crippen LogP contribution in [0.4, 0.5) is 5.69 Å². The predicted molar refractivity (Wildman–Crippen MR) is 119 cm³/mol. The molecule has 0 saturated carbocycles. The van der Waals surface area contributed by atoms with E-state index in [1.165, 1.54) is 4.90 Å². The van der Waals surface area contributed by atoms with Gasteiger partial charge in [0.15, 0.2) is 5.78 Å². The summed E-state index contributed by atoms with van der Waals surface area (Å²) in [5.74, 6) is -0.0629. The molecule has 3 aromatic rings. The van der Waals surface area contributed by atoms with Crippen LogP contribution in [0.25, 0.3) is 11.1 Å². The molecule has 0 bridgehead atoms. The number of methoxy groups -OCH3 is 1. The number of ketones is 1. The standard InChI is InChI=1S/C25H22N2O4/c1-3-27(15-23(28)26-17-7-6-8-18(14-17)31-2)25(30)16-11-12-20-19-9-4-5-10-21(19)24(29)22(20)13-16/h4-14H,3,15H2,1-2H3,(H,26,28). The van der Waals surface area contributed by atoms with Crippen molar-refractivity contribution in [3.8, 4) is 16.9 Å². The minimum atomic E-state index is -0.312. The zero-order chi connectivity index (χ0) is 22.0. The topological polar surface area (TPSA) is 75.7 Å². The highest BCUT2D eigenvalue weighted by molar-refractivity contribution is 6.22. The van der Waals surface area contributed by atoms with E-state index in [1.807, 2.05) is 25.1 Å². The zero-order valence-electron chi connectivity index (χ0n) is 17.3. The van der Waals surface area contributed by atoms with Gasteiger partial charge in [-0.2, -0.15) is 0 Å². The molecule has 0 aliphatic heterocycles. The number of benzene rings is 3. The summed E-state index contributed by atoms with van der Waals surface area (Å²) in [7, 11) is 1.55. The number of anilines is 1. The number of likely N-dealkylation sites (N-methyl/N-ethyl adjacent to an activating group) is 1. The molecular formula is C25H22N2O4. The van der Waals surface area contributed by atoms with Crippen molar-refractivity contribution in [1.29, 1.82) is 0 Å². The second-order valence-electron chi connectivity index (χ2n) is 7.23. The number of fused-ring (bicyclic) bond motifs is 3. The molecule has 6 heteroatoms. The minimum absolute atomic E-state index is 0.0842. The molecule has 156 valence electrons. The van der Waals surface area contributed by atoms with Crippen molar-refractivity contribution in [2.75, 3.05) is 25.5 Å². The van der Waals surface area contributed by atoms with E-state index in [-0.39, 0.29) is 24.1 Å². The third-order valence-corrected chi connectivity index (χ3v) is 5.33. The molecule has 0 fully saturated rings. The number of ether oxygens (including phenoxy) is 1. The molecule has 0 aromatic heterocycles. The Labute approximate surface area is 180 Å². The zero-order valence-corrected chi connectivity index (χ0v) is 17.3. The van der Waals surface area contributed by atoms with Gasteiger partial charge >= 0.3 is 0 Å². The van der Waals surface area contributed by atoms with Gasteiger partial charge in [0.05, 0.1) is 7.11 Å². The monoisotopic (exact) mass is 414 g/mol. The van der Waals surface area contributed by atoms with E-state index >= 15 is 0 Å². The summed E-state index contributed by atoms with van der Waals surface area (Å²) in [5, 5.41) is 2.78. The van der Waals surface area contributed by atoms with Crippen LogP contribution in [0.1, 0.15) is 33.2 Å². The Bertz CT molecular complexity index is 1190. The summed E-state index contributed by atoms with van der Waals surface area (Å²) in [5.41, 5.74) is 3.85. The molecule has 1 aliphatic carbocycles. The van der Waals surface area contributed by atoms with Crippen molar-refractivity contribution < 1.29 is 19.1 Å². The van der Waals surface area contributed by atoms with Gasteiger partial charge in [-0.05, 0) is 42.3 Å². The second kappa shape index (κ2) is 8.44. The summed E-state index contributed by atoms with van der Waals surface area (Å²) >= 11 is 0. The van der Waals surface area contributed by atoms with E-state index in [0.29, 0.717) is 34.7 Å². The van der Waals surface area contributed by atoms with E-state index in [0.717, 1.165) is 11.1 Å². The highest BCUT2D eigenvalue weighted by atomic mass is 16.5. The average Bonchev–Trinajstić information content (AvgIpc) is 3.09. The molecule has 0 spiro atoms. The van der Waals surface area contributed by atoms with Gasteiger partial charge in [0, 0.05) is 35.0 Å². The van der Waals surface area contributed by atoms with E-state index in [9.17, 15) is 14.4 Å². The maximum absolute atomic E-state index is 13.1. The van der Waals surface area contributed by atoms with Crippen LogP contribution >= 0.6 is 0 Å². The lowest BCUT2D eigenvalue weighted by Crippen LogP contribution is -2.37. The number of carbonyl (C=O) groups is 3. The first-order valence-corrected chi connectivity index (χ1v) is 10.0. The molecule has 0 saturated heterocycles. The Morgan fingerprint density at radius 2 is 1.65 bits per heavy atom. The van der Waals surface area contributed by atoms with Crippen molar-refractivity contribution in [3.05, 3.63) is 83.4 Å². The number of nitrogens with zero attached hydrogens (tertiary/aromatic N) is 1. The van der Waals surface area contributed by atoms with Crippen molar-refractivity contribution in [2.24, 2.45) is 0 Å². The summed E-state index contributed by atoms with van der Waals surface area (Å²) in [6, 6.07) is 19.6. The predicted octanol–water partition coefficient (Wildman–Crippen LogP) is 4.01. The number of carbonyl (C=O) groups excluding carboxylic acids is 3. The summed E-state index contributed by atoms with van der Waals surface area (Å²) in [4.78, 5) is 39.7. The first kappa shape index (κ1) is 20.3. The van der Waals surface area contributed by atoms with Gasteiger partial charge in [0.1, 0.15) is 12.3 Å². The quantitative estimate of drug-likeness (QED) is 0.517. The largest absolute Gasteiger partial charge is 0.497 e. The average molecular weight is 414 g/mol. The van der Waals surface area contributed by atoms with Crippen LogP contribution in [-0.4, -0.2) is 42.7 Å². The molecule has 1 aliphatic rings. The Morgan fingerprint density at radius 1 is 0.903 bits per heavy atom. The molecule has 4 rings (SSSR count). The van der Waals surface area contributed by atoms with Crippen LogP contribution in [0.3, 0.4) is 0 Å². The highest BCUT2D eigenvalue weighted by Crippen LogP contribution is 2.36. The van der Waals surface area contributed by atoms with Gasteiger partial charge in [-0.1, -0.05) is 36.4 Å². The minimum Gasteiger partial charge on any atom is -0.497 e. The summed E-state index contributed by atoms with van der Waals surface area (Å²) < 4.78 is 5.16. The molecule has 6 nitrogen and oxygen atoms in total. The van der Waals surface area contributed by atoms with Gasteiger partial charge in [-0.15, -0.1) is 0 Å². The molecule has 2 amide bonds. The maximum Gasteiger partial charge on any atom is 0.254 e. The molecular weight excluding hydrogens is 392 g/mol. The number of rotatable bonds is 6. The van der Waals surface area contributed by atoms with E-state index < -0.39 is 0 Å². The molecule has 0 unspecified atom stereocenters. The normalized spacial score (nSPS) is 11.5. The van der Waals surface area contributed by atoms with Gasteiger partial charge in [-0.25, -0.2) is 0 Å². The van der Waals surface area contributed by atoms with Gasteiger partial charge in [0.2, 0.25) is 5.91 Å². The third kappa shape index (κ3) is 3.92. The Kier molecular flexibility index (Phi) is 5.54. The van der Waals surface area contributed by atoms with Gasteiger partial charge in [0.25, 0.3) is 5.91 Å². The molecule has 1 N–H and O–H groups in total. The second-order valence-corrected chi connectivity index (χ2v) is 7.23. The third-order valence-electron chi connectivity index (χ3n) is 5.33. The number of hydrogen-bond donors (Lipinski definition) is 1. The van der Waals surface area contributed by atoms with Crippen LogP contribution in [0.5, 0.6) is 5.75 Å². The molecule has 31 heavy (non-hydrogen) atoms. The molecule has 3 aromatic carbocycles. The maximum atomic E-state index is 13.1. The van der Waals surface area contributed by atoms with Crippen molar-refractivity contribution in [3.63, 3.8) is 0 Å². The van der Waals surface area contributed by atoms with E-state index in [2.05, 4.69) is 5.32 Å². The van der Waals surface area contributed by atoms with Crippen molar-refractivity contribution >= 4 is 23.3 Å². The molecule has 0 heterocycles. The fourth-order valence-electron chi connectivity index (χ4n) is 3.75. The number of hydrogen-bond acceptors (Lipinski definition) is 4. The smallest absolute Gasteiger partial charge is 0.254 e. The van der Waals surface area contributed by atoms with Crippen LogP contribution in [-0.2, 0) is 4.79 Å². The Balaban J connectivity index is 1.50. The fraction of sp³-hybridized carbons (Fsp3) is 0.160. The lowest BCUT2D eigenvalue weighted by molar-refractivity contribution is -0.116. The van der Waals surface area contributed by atoms with Crippen LogP contribution < -0.4 is 10.1 Å². The molecule has 0 atom stereocenters. The summed E-state index contributed by atoms with van der Waals surface area (Å²) in [6.45, 7) is 2.07. The number of nitrogens with one attached hydrogen (secondary N) is 1. The van der Waals surface area contributed by atoms with E-state index in [4.69, 9.17) is 4.74 Å². The first-order chi connectivity index (χ1) is 15.0. The van der Waals surface area contributed by atoms with Crippen LogP contribution in [0.2, 0.25) is 0 Å². The first-order valence-electron chi connectivity index (χ1n) is 10.0. The van der Waals surface area contributed by atoms with E-state index in [1.54, 1.807) is 55.6 Å². The lowest BCUT2D eigenvalue weighted by atomic mass is 10.0.